The molecule has 46 heavy (non-hydrogen) atoms. The Morgan fingerprint density at radius 1 is 0.391 bits per heavy atom. The van der Waals surface area contributed by atoms with Gasteiger partial charge in [0.05, 0.1) is 44.7 Å². The molecule has 0 aliphatic heterocycles. The summed E-state index contributed by atoms with van der Waals surface area (Å²) in [6.07, 6.45) is 0. The van der Waals surface area contributed by atoms with Crippen LogP contribution in [0, 0.1) is 0 Å². The minimum atomic E-state index is -0.526. The van der Waals surface area contributed by atoms with Crippen LogP contribution in [0.4, 0.5) is 0 Å². The van der Waals surface area contributed by atoms with Gasteiger partial charge in [-0.2, -0.15) is 0 Å². The number of rotatable bonds is 9. The Balaban J connectivity index is 1.47. The Bertz CT molecular complexity index is 1870. The van der Waals surface area contributed by atoms with Gasteiger partial charge < -0.3 is 18.9 Å². The zero-order chi connectivity index (χ0) is 31.7. The van der Waals surface area contributed by atoms with E-state index in [2.05, 4.69) is 115 Å². The number of hydrogen-bond acceptors (Lipinski definition) is 4. The highest BCUT2D eigenvalue weighted by molar-refractivity contribution is 7.97. The number of benzene rings is 6. The molecular weight excluding hydrogens is 589 g/mol. The van der Waals surface area contributed by atoms with Crippen molar-refractivity contribution in [2.75, 3.05) is 28.4 Å². The van der Waals surface area contributed by atoms with Gasteiger partial charge in [-0.15, -0.1) is 0 Å². The molecule has 0 unspecified atom stereocenters. The Morgan fingerprint density at radius 2 is 0.783 bits per heavy atom. The van der Waals surface area contributed by atoms with E-state index in [1.807, 2.05) is 24.3 Å². The first-order valence-corrected chi connectivity index (χ1v) is 16.4. The van der Waals surface area contributed by atoms with Gasteiger partial charge in [-0.05, 0) is 112 Å². The molecule has 0 atom stereocenters. The van der Waals surface area contributed by atoms with Crippen molar-refractivity contribution in [2.24, 2.45) is 0 Å². The molecule has 228 valence electrons. The number of methoxy groups -OCH3 is 4. The van der Waals surface area contributed by atoms with Crippen molar-refractivity contribution in [3.05, 3.63) is 162 Å². The quantitative estimate of drug-likeness (QED) is 0.150. The third-order valence-corrected chi connectivity index (χ3v) is 11.1. The summed E-state index contributed by atoms with van der Waals surface area (Å²) in [5.74, 6) is 3.35. The molecule has 0 heterocycles. The maximum absolute atomic E-state index is 5.56. The van der Waals surface area contributed by atoms with Gasteiger partial charge in [0.1, 0.15) is 23.0 Å². The van der Waals surface area contributed by atoms with Crippen LogP contribution in [-0.2, 0) is 16.3 Å². The Morgan fingerprint density at radius 3 is 1.24 bits per heavy atom. The lowest BCUT2D eigenvalue weighted by Crippen LogP contribution is -2.28. The normalized spacial score (nSPS) is 12.7. The summed E-state index contributed by atoms with van der Waals surface area (Å²) in [6.45, 7) is 0. The lowest BCUT2D eigenvalue weighted by molar-refractivity contribution is 0.414. The molecule has 0 bridgehead atoms. The molecule has 0 saturated heterocycles. The summed E-state index contributed by atoms with van der Waals surface area (Å²) < 4.78 is 22.1. The predicted octanol–water partition coefficient (Wildman–Crippen LogP) is 9.18. The average Bonchev–Trinajstić information content (AvgIpc) is 3.43. The van der Waals surface area contributed by atoms with Crippen LogP contribution in [0.3, 0.4) is 0 Å². The lowest BCUT2D eigenvalue weighted by Gasteiger charge is -2.34. The van der Waals surface area contributed by atoms with E-state index in [0.29, 0.717) is 0 Å². The Labute approximate surface area is 273 Å². The first-order chi connectivity index (χ1) is 22.6. The van der Waals surface area contributed by atoms with E-state index in [9.17, 15) is 0 Å². The van der Waals surface area contributed by atoms with Gasteiger partial charge in [0, 0.05) is 6.07 Å². The highest BCUT2D eigenvalue weighted by Gasteiger charge is 2.47. The van der Waals surface area contributed by atoms with E-state index < -0.39 is 5.41 Å². The molecule has 0 amide bonds. The van der Waals surface area contributed by atoms with Crippen LogP contribution in [0.1, 0.15) is 22.3 Å². The molecule has 7 rings (SSSR count). The number of fused-ring (bicyclic) bond motifs is 3. The first kappa shape index (κ1) is 29.6. The molecule has 4 nitrogen and oxygen atoms in total. The topological polar surface area (TPSA) is 36.9 Å². The van der Waals surface area contributed by atoms with Crippen LogP contribution in [-0.4, -0.2) is 28.4 Å². The highest BCUT2D eigenvalue weighted by Crippen LogP contribution is 2.57. The van der Waals surface area contributed by atoms with E-state index in [1.165, 1.54) is 48.1 Å². The smallest absolute Gasteiger partial charge is 0.167 e. The van der Waals surface area contributed by atoms with Gasteiger partial charge in [-0.3, -0.25) is 0 Å². The second-order valence-corrected chi connectivity index (χ2v) is 13.1. The summed E-state index contributed by atoms with van der Waals surface area (Å²) in [4.78, 5) is 3.67. The van der Waals surface area contributed by atoms with Gasteiger partial charge in [-0.1, -0.05) is 54.6 Å². The van der Waals surface area contributed by atoms with E-state index in [0.717, 1.165) is 23.0 Å². The molecule has 5 heteroatoms. The van der Waals surface area contributed by atoms with E-state index in [4.69, 9.17) is 18.9 Å². The van der Waals surface area contributed by atoms with Crippen LogP contribution >= 0.6 is 0 Å². The molecule has 0 fully saturated rings. The third kappa shape index (κ3) is 4.88. The molecule has 1 aliphatic rings. The molecule has 0 aromatic heterocycles. The lowest BCUT2D eigenvalue weighted by atomic mass is 9.68. The van der Waals surface area contributed by atoms with E-state index in [-0.39, 0.29) is 10.9 Å². The summed E-state index contributed by atoms with van der Waals surface area (Å²) in [6, 6.07) is 49.7. The second-order valence-electron chi connectivity index (χ2n) is 11.1. The summed E-state index contributed by atoms with van der Waals surface area (Å²) in [5, 5.41) is 0. The molecular formula is C41H35O4S+. The Kier molecular flexibility index (Phi) is 7.93. The molecule has 0 saturated carbocycles. The van der Waals surface area contributed by atoms with Gasteiger partial charge in [0.15, 0.2) is 14.7 Å². The maximum Gasteiger partial charge on any atom is 0.167 e. The van der Waals surface area contributed by atoms with Crippen LogP contribution in [0.25, 0.3) is 11.1 Å². The Hall–Kier alpha value is -5.13. The van der Waals surface area contributed by atoms with Crippen molar-refractivity contribution < 1.29 is 18.9 Å². The van der Waals surface area contributed by atoms with Crippen molar-refractivity contribution in [1.82, 2.24) is 0 Å². The summed E-state index contributed by atoms with van der Waals surface area (Å²) >= 11 is 0. The average molecular weight is 624 g/mol. The van der Waals surface area contributed by atoms with Crippen LogP contribution < -0.4 is 18.9 Å². The van der Waals surface area contributed by atoms with Crippen LogP contribution in [0.2, 0.25) is 0 Å². The number of hydrogen-bond donors (Lipinski definition) is 0. The fourth-order valence-electron chi connectivity index (χ4n) is 6.69. The zero-order valence-electron chi connectivity index (χ0n) is 26.3. The maximum atomic E-state index is 5.56. The highest BCUT2D eigenvalue weighted by atomic mass is 32.2. The van der Waals surface area contributed by atoms with Crippen molar-refractivity contribution in [2.45, 2.75) is 20.1 Å². The molecule has 0 radical (unpaired) electrons. The van der Waals surface area contributed by atoms with Gasteiger partial charge in [-0.25, -0.2) is 0 Å². The van der Waals surface area contributed by atoms with E-state index in [1.54, 1.807) is 28.4 Å². The van der Waals surface area contributed by atoms with Crippen molar-refractivity contribution in [3.63, 3.8) is 0 Å². The predicted molar refractivity (Wildman–Crippen MR) is 185 cm³/mol. The number of ether oxygens (including phenoxy) is 4. The fraction of sp³-hybridized carbons (Fsp3) is 0.122. The fourth-order valence-corrected chi connectivity index (χ4v) is 8.77. The molecule has 0 spiro atoms. The monoisotopic (exact) mass is 623 g/mol. The second kappa shape index (κ2) is 12.3. The molecule has 0 N–H and O–H groups in total. The van der Waals surface area contributed by atoms with Gasteiger partial charge >= 0.3 is 0 Å². The summed E-state index contributed by atoms with van der Waals surface area (Å²) in [7, 11) is 6.45. The minimum absolute atomic E-state index is 0.371. The largest absolute Gasteiger partial charge is 0.497 e. The van der Waals surface area contributed by atoms with Crippen molar-refractivity contribution in [1.29, 1.82) is 0 Å². The standard InChI is InChI=1S/C41H35O4S/c1-42-30-13-9-28(10-14-30)41(29-11-15-31(43-2)16-12-29)39-8-6-5-7-37(39)38-27-36(25-26-40(38)41)46(34-21-17-32(44-3)18-22-34)35-23-19-33(45-4)20-24-35/h5-27H,1-4H3/q+1. The van der Waals surface area contributed by atoms with Gasteiger partial charge in [0.2, 0.25) is 0 Å². The van der Waals surface area contributed by atoms with Crippen LogP contribution in [0.15, 0.2) is 154 Å². The minimum Gasteiger partial charge on any atom is -0.497 e. The zero-order valence-corrected chi connectivity index (χ0v) is 27.1. The SMILES string of the molecule is COc1ccc([S+](c2ccc(OC)cc2)c2ccc3c(c2)-c2ccccc2C3(c2ccc(OC)cc2)c2ccc(OC)cc2)cc1. The van der Waals surface area contributed by atoms with Crippen molar-refractivity contribution >= 4 is 10.9 Å². The van der Waals surface area contributed by atoms with Gasteiger partial charge in [0.25, 0.3) is 0 Å². The molecule has 6 aromatic rings. The van der Waals surface area contributed by atoms with E-state index >= 15 is 0 Å². The summed E-state index contributed by atoms with van der Waals surface area (Å²) in [5.41, 5.74) is 6.82. The van der Waals surface area contributed by atoms with Crippen molar-refractivity contribution in [3.8, 4) is 34.1 Å². The van der Waals surface area contributed by atoms with Crippen LogP contribution in [0.5, 0.6) is 23.0 Å². The third-order valence-electron chi connectivity index (χ3n) is 8.89. The first-order valence-electron chi connectivity index (χ1n) is 15.2. The molecule has 1 aliphatic carbocycles. The molecule has 6 aromatic carbocycles.